The number of imidazole rings is 1. The van der Waals surface area contributed by atoms with Crippen LogP contribution in [0.15, 0.2) is 176 Å². The predicted molar refractivity (Wildman–Crippen MR) is 237 cm³/mol. The molecule has 0 saturated heterocycles. The molecule has 266 valence electrons. The fourth-order valence-electron chi connectivity index (χ4n) is 9.73. The summed E-state index contributed by atoms with van der Waals surface area (Å²) in [4.78, 5) is 5.05. The van der Waals surface area contributed by atoms with Crippen molar-refractivity contribution >= 4 is 43.4 Å². The molecule has 0 saturated carbocycles. The highest BCUT2D eigenvalue weighted by Crippen LogP contribution is 2.52. The molecular weight excluding hydrogens is 677 g/mol. The highest BCUT2D eigenvalue weighted by molar-refractivity contribution is 6.24. The van der Waals surface area contributed by atoms with Gasteiger partial charge in [0.05, 0.1) is 16.7 Å². The molecule has 9 aromatic carbocycles. The SMILES string of the molecule is CCc1nc2ccccc2n1-c1ccc(-c2c3ccccc3c(-c3ccc4c(c3)C(C)(C)c3ccccc3-4)c3cc(-c4ccccc4)ccc23)c2ccccc12. The summed E-state index contributed by atoms with van der Waals surface area (Å²) in [6.07, 6.45) is 0.844. The normalized spacial score (nSPS) is 13.1. The molecule has 2 heteroatoms. The first-order chi connectivity index (χ1) is 27.5. The van der Waals surface area contributed by atoms with Crippen LogP contribution in [0.4, 0.5) is 0 Å². The quantitative estimate of drug-likeness (QED) is 0.162. The molecule has 2 nitrogen and oxygen atoms in total. The maximum Gasteiger partial charge on any atom is 0.114 e. The third kappa shape index (κ3) is 4.72. The van der Waals surface area contributed by atoms with Crippen molar-refractivity contribution in [2.24, 2.45) is 0 Å². The van der Waals surface area contributed by atoms with E-state index in [-0.39, 0.29) is 5.41 Å². The van der Waals surface area contributed by atoms with Crippen LogP contribution in [-0.2, 0) is 11.8 Å². The van der Waals surface area contributed by atoms with Crippen molar-refractivity contribution in [3.63, 3.8) is 0 Å². The van der Waals surface area contributed by atoms with Crippen molar-refractivity contribution in [3.05, 3.63) is 193 Å². The Labute approximate surface area is 327 Å². The molecule has 0 spiro atoms. The largest absolute Gasteiger partial charge is 0.296 e. The predicted octanol–water partition coefficient (Wildman–Crippen LogP) is 14.4. The van der Waals surface area contributed by atoms with Gasteiger partial charge in [0, 0.05) is 17.2 Å². The first-order valence-corrected chi connectivity index (χ1v) is 19.8. The summed E-state index contributed by atoms with van der Waals surface area (Å²) >= 11 is 0. The molecule has 1 heterocycles. The molecule has 0 aliphatic heterocycles. The van der Waals surface area contributed by atoms with Crippen molar-refractivity contribution in [1.29, 1.82) is 0 Å². The van der Waals surface area contributed by atoms with E-state index < -0.39 is 0 Å². The summed E-state index contributed by atoms with van der Waals surface area (Å²) in [5, 5.41) is 7.47. The fourth-order valence-corrected chi connectivity index (χ4v) is 9.73. The van der Waals surface area contributed by atoms with E-state index in [4.69, 9.17) is 4.98 Å². The summed E-state index contributed by atoms with van der Waals surface area (Å²) < 4.78 is 2.36. The topological polar surface area (TPSA) is 17.8 Å². The summed E-state index contributed by atoms with van der Waals surface area (Å²) in [6.45, 7) is 6.94. The Morgan fingerprint density at radius 2 is 1.07 bits per heavy atom. The van der Waals surface area contributed by atoms with Gasteiger partial charge in [0.25, 0.3) is 0 Å². The summed E-state index contributed by atoms with van der Waals surface area (Å²) in [7, 11) is 0. The molecule has 56 heavy (non-hydrogen) atoms. The van der Waals surface area contributed by atoms with Crippen LogP contribution in [0.25, 0.3) is 93.5 Å². The van der Waals surface area contributed by atoms with Gasteiger partial charge in [0.1, 0.15) is 5.82 Å². The minimum atomic E-state index is -0.0957. The summed E-state index contributed by atoms with van der Waals surface area (Å²) in [6, 6.07) is 65.2. The summed E-state index contributed by atoms with van der Waals surface area (Å²) in [5.74, 6) is 1.07. The van der Waals surface area contributed by atoms with Crippen LogP contribution in [0, 0.1) is 0 Å². The van der Waals surface area contributed by atoms with Crippen LogP contribution >= 0.6 is 0 Å². The van der Waals surface area contributed by atoms with Crippen molar-refractivity contribution in [3.8, 4) is 50.2 Å². The van der Waals surface area contributed by atoms with Gasteiger partial charge in [0.2, 0.25) is 0 Å². The number of hydrogen-bond donors (Lipinski definition) is 0. The third-order valence-electron chi connectivity index (χ3n) is 12.4. The van der Waals surface area contributed by atoms with Crippen LogP contribution in [0.1, 0.15) is 37.7 Å². The Kier molecular flexibility index (Phi) is 7.21. The molecule has 0 N–H and O–H groups in total. The standard InChI is InChI=1S/C54H40N2/c1-4-51-55-48-24-14-15-25-50(48)56(51)49-31-30-43(37-18-8-9-20-40(37)49)53-42-22-11-10-21-41(42)52(45-32-35(26-29-44(45)53)34-16-6-5-7-17-34)36-27-28-39-38-19-12-13-23-46(38)54(2,3)47(39)33-36/h5-33H,4H2,1-3H3. The van der Waals surface area contributed by atoms with Crippen molar-refractivity contribution in [2.45, 2.75) is 32.6 Å². The zero-order valence-electron chi connectivity index (χ0n) is 31.8. The number of nitrogens with zero attached hydrogens (tertiary/aromatic N) is 2. The van der Waals surface area contributed by atoms with Gasteiger partial charge < -0.3 is 0 Å². The summed E-state index contributed by atoms with van der Waals surface area (Å²) in [5.41, 5.74) is 16.2. The molecule has 0 bridgehead atoms. The second-order valence-electron chi connectivity index (χ2n) is 15.7. The molecule has 1 aromatic heterocycles. The Morgan fingerprint density at radius 3 is 1.89 bits per heavy atom. The number of hydrogen-bond acceptors (Lipinski definition) is 1. The number of fused-ring (bicyclic) bond motifs is 7. The van der Waals surface area contributed by atoms with Gasteiger partial charge in [-0.15, -0.1) is 0 Å². The molecule has 0 fully saturated rings. The van der Waals surface area contributed by atoms with Crippen molar-refractivity contribution in [2.75, 3.05) is 0 Å². The van der Waals surface area contributed by atoms with Crippen molar-refractivity contribution < 1.29 is 0 Å². The smallest absolute Gasteiger partial charge is 0.114 e. The Balaban J connectivity index is 1.22. The molecular formula is C54H40N2. The fraction of sp³-hybridized carbons (Fsp3) is 0.0926. The Bertz CT molecular complexity index is 3200. The highest BCUT2D eigenvalue weighted by Gasteiger charge is 2.35. The van der Waals surface area contributed by atoms with E-state index in [1.165, 1.54) is 88.0 Å². The Morgan fingerprint density at radius 1 is 0.446 bits per heavy atom. The number of rotatable bonds is 5. The first kappa shape index (κ1) is 32.6. The molecule has 10 aromatic rings. The van der Waals surface area contributed by atoms with Gasteiger partial charge >= 0.3 is 0 Å². The second kappa shape index (κ2) is 12.4. The molecule has 0 atom stereocenters. The highest BCUT2D eigenvalue weighted by atomic mass is 15.1. The number of aryl methyl sites for hydroxylation is 1. The van der Waals surface area contributed by atoms with Gasteiger partial charge in [-0.1, -0.05) is 166 Å². The zero-order chi connectivity index (χ0) is 37.5. The maximum atomic E-state index is 5.05. The van der Waals surface area contributed by atoms with Crippen LogP contribution in [0.3, 0.4) is 0 Å². The van der Waals surface area contributed by atoms with E-state index in [2.05, 4.69) is 201 Å². The Hall–Kier alpha value is -6.77. The van der Waals surface area contributed by atoms with Gasteiger partial charge in [-0.3, -0.25) is 4.57 Å². The van der Waals surface area contributed by atoms with Gasteiger partial charge in [-0.05, 0) is 113 Å². The van der Waals surface area contributed by atoms with Gasteiger partial charge in [0.15, 0.2) is 0 Å². The maximum absolute atomic E-state index is 5.05. The van der Waals surface area contributed by atoms with E-state index in [9.17, 15) is 0 Å². The van der Waals surface area contributed by atoms with Crippen LogP contribution < -0.4 is 0 Å². The monoisotopic (exact) mass is 716 g/mol. The number of benzene rings is 9. The molecule has 0 radical (unpaired) electrons. The molecule has 0 amide bonds. The minimum Gasteiger partial charge on any atom is -0.296 e. The van der Waals surface area contributed by atoms with Crippen LogP contribution in [0.2, 0.25) is 0 Å². The lowest BCUT2D eigenvalue weighted by molar-refractivity contribution is 0.660. The van der Waals surface area contributed by atoms with Crippen LogP contribution in [-0.4, -0.2) is 9.55 Å². The lowest BCUT2D eigenvalue weighted by Crippen LogP contribution is -2.14. The van der Waals surface area contributed by atoms with E-state index in [1.54, 1.807) is 0 Å². The van der Waals surface area contributed by atoms with E-state index in [0.717, 1.165) is 29.0 Å². The van der Waals surface area contributed by atoms with Crippen LogP contribution in [0.5, 0.6) is 0 Å². The zero-order valence-corrected chi connectivity index (χ0v) is 31.8. The molecule has 1 aliphatic carbocycles. The first-order valence-electron chi connectivity index (χ1n) is 19.8. The number of aromatic nitrogens is 2. The average molecular weight is 717 g/mol. The third-order valence-corrected chi connectivity index (χ3v) is 12.4. The van der Waals surface area contributed by atoms with Gasteiger partial charge in [-0.25, -0.2) is 4.98 Å². The van der Waals surface area contributed by atoms with Gasteiger partial charge in [-0.2, -0.15) is 0 Å². The molecule has 11 rings (SSSR count). The lowest BCUT2D eigenvalue weighted by atomic mass is 9.80. The average Bonchev–Trinajstić information content (AvgIpc) is 3.74. The lowest BCUT2D eigenvalue weighted by Gasteiger charge is -2.23. The molecule has 0 unspecified atom stereocenters. The minimum absolute atomic E-state index is 0.0957. The van der Waals surface area contributed by atoms with E-state index in [1.807, 2.05) is 0 Å². The molecule has 1 aliphatic rings. The van der Waals surface area contributed by atoms with E-state index in [0.29, 0.717) is 0 Å². The second-order valence-corrected chi connectivity index (χ2v) is 15.7. The number of para-hydroxylation sites is 2. The van der Waals surface area contributed by atoms with E-state index >= 15 is 0 Å². The van der Waals surface area contributed by atoms with Crippen molar-refractivity contribution in [1.82, 2.24) is 9.55 Å².